The summed E-state index contributed by atoms with van der Waals surface area (Å²) in [6.45, 7) is 1.67. The first kappa shape index (κ1) is 19.1. The molecule has 7 nitrogen and oxygen atoms in total. The Morgan fingerprint density at radius 1 is 1.19 bits per heavy atom. The number of methoxy groups -OCH3 is 1. The summed E-state index contributed by atoms with van der Waals surface area (Å²) in [5.74, 6) is 0.0746. The van der Waals surface area contributed by atoms with Crippen LogP contribution < -0.4 is 10.1 Å². The van der Waals surface area contributed by atoms with Crippen LogP contribution in [0.5, 0.6) is 5.75 Å². The molecule has 1 amide bonds. The maximum Gasteiger partial charge on any atom is 0.316 e. The molecular weight excluding hydrogens is 386 g/mol. The summed E-state index contributed by atoms with van der Waals surface area (Å²) in [5, 5.41) is 13.0. The van der Waals surface area contributed by atoms with Gasteiger partial charge in [0.2, 0.25) is 5.13 Å². The molecule has 0 aliphatic heterocycles. The number of rotatable bonds is 7. The lowest BCUT2D eigenvalue weighted by Crippen LogP contribution is -2.30. The molecular formula is C18H17N3O4S2. The van der Waals surface area contributed by atoms with Gasteiger partial charge in [0.15, 0.2) is 10.4 Å². The van der Waals surface area contributed by atoms with E-state index in [0.717, 1.165) is 10.8 Å². The van der Waals surface area contributed by atoms with Crippen LogP contribution in [0.3, 0.4) is 0 Å². The number of fused-ring (bicyclic) bond motifs is 1. The van der Waals surface area contributed by atoms with Crippen LogP contribution in [0, 0.1) is 0 Å². The van der Waals surface area contributed by atoms with Gasteiger partial charge in [-0.1, -0.05) is 53.4 Å². The Morgan fingerprint density at radius 3 is 2.74 bits per heavy atom. The van der Waals surface area contributed by atoms with Gasteiger partial charge in [-0.25, -0.2) is 0 Å². The number of nitrogens with zero attached hydrogens (tertiary/aromatic N) is 2. The molecule has 1 aromatic heterocycles. The second kappa shape index (κ2) is 8.83. The van der Waals surface area contributed by atoms with Crippen LogP contribution >= 0.6 is 23.1 Å². The molecule has 0 aliphatic rings. The van der Waals surface area contributed by atoms with Crippen LogP contribution in [0.25, 0.3) is 10.8 Å². The number of esters is 1. The van der Waals surface area contributed by atoms with Gasteiger partial charge in [0, 0.05) is 0 Å². The molecule has 3 aromatic rings. The number of hydrogen-bond donors (Lipinski definition) is 1. The summed E-state index contributed by atoms with van der Waals surface area (Å²) in [4.78, 5) is 23.5. The molecule has 1 atom stereocenters. The van der Waals surface area contributed by atoms with Crippen molar-refractivity contribution in [2.75, 3.05) is 18.2 Å². The zero-order chi connectivity index (χ0) is 19.2. The summed E-state index contributed by atoms with van der Waals surface area (Å²) in [7, 11) is 1.32. The van der Waals surface area contributed by atoms with Gasteiger partial charge in [0.1, 0.15) is 5.75 Å². The van der Waals surface area contributed by atoms with E-state index < -0.39 is 6.10 Å². The Balaban J connectivity index is 1.57. The van der Waals surface area contributed by atoms with Gasteiger partial charge in [0.05, 0.1) is 12.9 Å². The molecule has 27 heavy (non-hydrogen) atoms. The molecule has 140 valence electrons. The number of carbonyl (C=O) groups excluding carboxylic acids is 2. The Labute approximate surface area is 164 Å². The molecule has 0 bridgehead atoms. The van der Waals surface area contributed by atoms with Crippen LogP contribution in [0.15, 0.2) is 46.8 Å². The minimum atomic E-state index is -0.707. The number of hydrogen-bond acceptors (Lipinski definition) is 8. The van der Waals surface area contributed by atoms with Crippen molar-refractivity contribution in [3.63, 3.8) is 0 Å². The second-order valence-electron chi connectivity index (χ2n) is 5.50. The third-order valence-electron chi connectivity index (χ3n) is 3.58. The minimum absolute atomic E-state index is 0.139. The van der Waals surface area contributed by atoms with Gasteiger partial charge in [0.25, 0.3) is 5.91 Å². The molecule has 3 rings (SSSR count). The molecule has 1 N–H and O–H groups in total. The lowest BCUT2D eigenvalue weighted by molar-refractivity contribution is -0.137. The van der Waals surface area contributed by atoms with Crippen molar-refractivity contribution in [3.8, 4) is 5.75 Å². The van der Waals surface area contributed by atoms with Crippen molar-refractivity contribution in [3.05, 3.63) is 42.5 Å². The SMILES string of the molecule is COC(=O)CSc1nnc(NC(=O)[C@H](C)Oc2ccc3ccccc3c2)s1. The Hall–Kier alpha value is -2.65. The number of amides is 1. The lowest BCUT2D eigenvalue weighted by Gasteiger charge is -2.14. The first-order valence-electron chi connectivity index (χ1n) is 8.04. The molecule has 9 heteroatoms. The highest BCUT2D eigenvalue weighted by Gasteiger charge is 2.17. The van der Waals surface area contributed by atoms with E-state index in [1.165, 1.54) is 30.2 Å². The normalized spacial score (nSPS) is 11.8. The molecule has 1 heterocycles. The molecule has 0 unspecified atom stereocenters. The maximum absolute atomic E-state index is 12.3. The number of aromatic nitrogens is 2. The quantitative estimate of drug-likeness (QED) is 0.367. The summed E-state index contributed by atoms with van der Waals surface area (Å²) < 4.78 is 10.9. The molecule has 0 fully saturated rings. The minimum Gasteiger partial charge on any atom is -0.481 e. The van der Waals surface area contributed by atoms with Crippen molar-refractivity contribution in [1.29, 1.82) is 0 Å². The Bertz CT molecular complexity index is 960. The number of anilines is 1. The van der Waals surface area contributed by atoms with Gasteiger partial charge in [-0.05, 0) is 29.8 Å². The highest BCUT2D eigenvalue weighted by molar-refractivity contribution is 8.01. The number of ether oxygens (including phenoxy) is 2. The molecule has 2 aromatic carbocycles. The molecule has 0 aliphatic carbocycles. The predicted molar refractivity (Wildman–Crippen MR) is 105 cm³/mol. The van der Waals surface area contributed by atoms with Gasteiger partial charge in [-0.15, -0.1) is 10.2 Å². The second-order valence-corrected chi connectivity index (χ2v) is 7.70. The van der Waals surface area contributed by atoms with E-state index in [2.05, 4.69) is 20.3 Å². The number of carbonyl (C=O) groups is 2. The highest BCUT2D eigenvalue weighted by atomic mass is 32.2. The van der Waals surface area contributed by atoms with Crippen molar-refractivity contribution in [2.24, 2.45) is 0 Å². The third kappa shape index (κ3) is 5.18. The van der Waals surface area contributed by atoms with Gasteiger partial charge >= 0.3 is 5.97 Å². The van der Waals surface area contributed by atoms with Crippen molar-refractivity contribution < 1.29 is 19.1 Å². The van der Waals surface area contributed by atoms with Crippen molar-refractivity contribution in [1.82, 2.24) is 10.2 Å². The summed E-state index contributed by atoms with van der Waals surface area (Å²) in [6.07, 6.45) is -0.707. The van der Waals surface area contributed by atoms with E-state index in [1.54, 1.807) is 6.92 Å². The van der Waals surface area contributed by atoms with E-state index >= 15 is 0 Å². The smallest absolute Gasteiger partial charge is 0.316 e. The summed E-state index contributed by atoms with van der Waals surface area (Å²) in [6, 6.07) is 13.6. The van der Waals surface area contributed by atoms with Gasteiger partial charge < -0.3 is 9.47 Å². The van der Waals surface area contributed by atoms with E-state index in [-0.39, 0.29) is 17.6 Å². The number of thioether (sulfide) groups is 1. The molecule has 0 radical (unpaired) electrons. The van der Waals surface area contributed by atoms with Crippen molar-refractivity contribution >= 4 is 50.9 Å². The fourth-order valence-electron chi connectivity index (χ4n) is 2.20. The lowest BCUT2D eigenvalue weighted by atomic mass is 10.1. The standard InChI is InChI=1S/C18H17N3O4S2/c1-11(25-14-8-7-12-5-3-4-6-13(12)9-14)16(23)19-17-20-21-18(27-17)26-10-15(22)24-2/h3-9,11H,10H2,1-2H3,(H,19,20,23)/t11-/m0/s1. The first-order chi connectivity index (χ1) is 13.0. The molecule has 0 saturated carbocycles. The average Bonchev–Trinajstić information content (AvgIpc) is 3.13. The average molecular weight is 403 g/mol. The van der Waals surface area contributed by atoms with Gasteiger partial charge in [-0.3, -0.25) is 14.9 Å². The maximum atomic E-state index is 12.3. The zero-order valence-electron chi connectivity index (χ0n) is 14.7. The summed E-state index contributed by atoms with van der Waals surface area (Å²) >= 11 is 2.39. The monoisotopic (exact) mass is 403 g/mol. The fourth-order valence-corrected chi connectivity index (χ4v) is 3.79. The fraction of sp³-hybridized carbons (Fsp3) is 0.222. The van der Waals surface area contributed by atoms with Crippen LogP contribution in [-0.4, -0.2) is 41.0 Å². The van der Waals surface area contributed by atoms with E-state index in [1.807, 2.05) is 42.5 Å². The zero-order valence-corrected chi connectivity index (χ0v) is 16.3. The van der Waals surface area contributed by atoms with E-state index in [0.29, 0.717) is 15.2 Å². The van der Waals surface area contributed by atoms with Crippen LogP contribution in [0.4, 0.5) is 5.13 Å². The Kier molecular flexibility index (Phi) is 6.25. The van der Waals surface area contributed by atoms with Crippen LogP contribution in [0.2, 0.25) is 0 Å². The van der Waals surface area contributed by atoms with E-state index in [9.17, 15) is 9.59 Å². The molecule has 0 spiro atoms. The largest absolute Gasteiger partial charge is 0.481 e. The molecule has 0 saturated heterocycles. The van der Waals surface area contributed by atoms with Crippen LogP contribution in [-0.2, 0) is 14.3 Å². The van der Waals surface area contributed by atoms with Gasteiger partial charge in [-0.2, -0.15) is 0 Å². The number of nitrogens with one attached hydrogen (secondary N) is 1. The Morgan fingerprint density at radius 2 is 1.96 bits per heavy atom. The van der Waals surface area contributed by atoms with E-state index in [4.69, 9.17) is 4.74 Å². The topological polar surface area (TPSA) is 90.4 Å². The van der Waals surface area contributed by atoms with Crippen LogP contribution in [0.1, 0.15) is 6.92 Å². The third-order valence-corrected chi connectivity index (χ3v) is 5.53. The number of benzene rings is 2. The highest BCUT2D eigenvalue weighted by Crippen LogP contribution is 2.26. The van der Waals surface area contributed by atoms with Crippen molar-refractivity contribution in [2.45, 2.75) is 17.4 Å². The first-order valence-corrected chi connectivity index (χ1v) is 9.85. The predicted octanol–water partition coefficient (Wildman–Crippen LogP) is 3.36. The summed E-state index contributed by atoms with van der Waals surface area (Å²) in [5.41, 5.74) is 0.